The molecule has 0 unspecified atom stereocenters. The molecule has 6 heteroatoms. The molecule has 0 N–H and O–H groups in total. The Kier molecular flexibility index (Phi) is 11.6. The van der Waals surface area contributed by atoms with Gasteiger partial charge >= 0.3 is 21.1 Å². The third kappa shape index (κ3) is 7.70. The second-order valence-electron chi connectivity index (χ2n) is 22.3. The summed E-state index contributed by atoms with van der Waals surface area (Å²) in [6, 6.07) is 45.9. The summed E-state index contributed by atoms with van der Waals surface area (Å²) in [4.78, 5) is 7.38. The van der Waals surface area contributed by atoms with Crippen LogP contribution in [0.5, 0.6) is 0 Å². The summed E-state index contributed by atoms with van der Waals surface area (Å²) in [6.45, 7) is 34.7. The van der Waals surface area contributed by atoms with E-state index in [2.05, 4.69) is 233 Å². The molecule has 0 aliphatic carbocycles. The van der Waals surface area contributed by atoms with E-state index < -0.39 is 0 Å². The van der Waals surface area contributed by atoms with Gasteiger partial charge in [-0.05, 0) is 85.8 Å². The van der Waals surface area contributed by atoms with Gasteiger partial charge in [-0.1, -0.05) is 175 Å². The fourth-order valence-electron chi connectivity index (χ4n) is 10.1. The van der Waals surface area contributed by atoms with Crippen molar-refractivity contribution in [3.05, 3.63) is 161 Å². The number of aromatic nitrogens is 4. The third-order valence-corrected chi connectivity index (χ3v) is 13.4. The SMILES string of the molecule is CC(C)c1cccc(C(C)C)c1-c1c(C(C)(C)C)nn(-c2[c-]c3c(cc2)C(C)(C)c2ccccc2N3c2[c-]c3c(cc2)c2ccccc2n3-c2cc(C(C)(C)C)ccn2)c1C(C)(C)C.[Pt+2]. The van der Waals surface area contributed by atoms with Crippen LogP contribution in [0.1, 0.15) is 155 Å². The van der Waals surface area contributed by atoms with Gasteiger partial charge < -0.3 is 9.47 Å². The van der Waals surface area contributed by atoms with Crippen LogP contribution in [0.15, 0.2) is 109 Å². The van der Waals surface area contributed by atoms with Gasteiger partial charge in [-0.15, -0.1) is 35.2 Å². The van der Waals surface area contributed by atoms with Crippen LogP contribution in [0.4, 0.5) is 17.1 Å². The molecule has 0 spiro atoms. The van der Waals surface area contributed by atoms with Gasteiger partial charge in [-0.3, -0.25) is 4.68 Å². The zero-order valence-corrected chi connectivity index (χ0v) is 43.4. The number of hydrogen-bond acceptors (Lipinski definition) is 3. The van der Waals surface area contributed by atoms with Crippen LogP contribution in [0.2, 0.25) is 0 Å². The largest absolute Gasteiger partial charge is 2.00 e. The van der Waals surface area contributed by atoms with Gasteiger partial charge in [0.1, 0.15) is 5.82 Å². The second kappa shape index (κ2) is 16.3. The summed E-state index contributed by atoms with van der Waals surface area (Å²) < 4.78 is 4.53. The van der Waals surface area contributed by atoms with E-state index in [9.17, 15) is 0 Å². The molecular weight excluding hydrogens is 974 g/mol. The van der Waals surface area contributed by atoms with Crippen molar-refractivity contribution >= 4 is 38.9 Å². The first-order valence-corrected chi connectivity index (χ1v) is 23.3. The van der Waals surface area contributed by atoms with Crippen molar-refractivity contribution in [3.8, 4) is 22.6 Å². The molecule has 0 bridgehead atoms. The van der Waals surface area contributed by atoms with Crippen LogP contribution in [0.3, 0.4) is 0 Å². The van der Waals surface area contributed by atoms with E-state index in [1.807, 2.05) is 6.20 Å². The quantitative estimate of drug-likeness (QED) is 0.156. The first kappa shape index (κ1) is 46.3. The van der Waals surface area contributed by atoms with Crippen LogP contribution in [0, 0.1) is 12.1 Å². The van der Waals surface area contributed by atoms with Crippen LogP contribution in [0.25, 0.3) is 44.4 Å². The van der Waals surface area contributed by atoms with Crippen molar-refractivity contribution in [1.82, 2.24) is 19.3 Å². The summed E-state index contributed by atoms with van der Waals surface area (Å²) in [5.41, 5.74) is 16.6. The van der Waals surface area contributed by atoms with Crippen molar-refractivity contribution in [2.24, 2.45) is 0 Å². The van der Waals surface area contributed by atoms with E-state index in [-0.39, 0.29) is 42.7 Å². The fourth-order valence-corrected chi connectivity index (χ4v) is 10.1. The Hall–Kier alpha value is -5.25. The van der Waals surface area contributed by atoms with Crippen LogP contribution in [-0.2, 0) is 42.7 Å². The van der Waals surface area contributed by atoms with E-state index in [0.29, 0.717) is 11.8 Å². The minimum atomic E-state index is -0.297. The molecule has 65 heavy (non-hydrogen) atoms. The van der Waals surface area contributed by atoms with Gasteiger partial charge in [-0.25, -0.2) is 4.98 Å². The Morgan fingerprint density at radius 2 is 1.25 bits per heavy atom. The topological polar surface area (TPSA) is 38.9 Å². The van der Waals surface area contributed by atoms with E-state index in [4.69, 9.17) is 10.1 Å². The Labute approximate surface area is 402 Å². The fraction of sp³-hybridized carbons (Fsp3) is 0.356. The maximum Gasteiger partial charge on any atom is 2.00 e. The maximum absolute atomic E-state index is 5.71. The molecule has 3 aromatic heterocycles. The predicted molar refractivity (Wildman–Crippen MR) is 270 cm³/mol. The molecule has 336 valence electrons. The summed E-state index contributed by atoms with van der Waals surface area (Å²) in [5.74, 6) is 1.57. The van der Waals surface area contributed by atoms with Crippen molar-refractivity contribution in [2.45, 2.75) is 137 Å². The molecular formula is C59H65N5Pt. The standard InChI is InChI=1S/C59H65N5.Pt/c1-36(2)41-22-20-23-42(37(3)4)52(41)53-54(57(8,9)10)61-64(55(53)58(11,12)13)40-28-30-46-50(35-40)62(48-26-19-17-24-45(48)59(46,14)15)39-27-29-44-43-21-16-18-25-47(43)63(49(44)34-39)51-33-38(31-32-60-51)56(5,6)7;/h16-33,36-37H,1-15H3;/q-2;+2. The van der Waals surface area contributed by atoms with Gasteiger partial charge in [0.25, 0.3) is 0 Å². The van der Waals surface area contributed by atoms with E-state index in [1.54, 1.807) is 0 Å². The number of anilines is 3. The molecule has 0 amide bonds. The molecule has 0 radical (unpaired) electrons. The normalized spacial score (nSPS) is 14.0. The molecule has 5 nitrogen and oxygen atoms in total. The summed E-state index contributed by atoms with van der Waals surface area (Å²) in [5, 5.41) is 8.02. The Balaban J connectivity index is 0.00000576. The average Bonchev–Trinajstić information content (AvgIpc) is 3.81. The first-order valence-electron chi connectivity index (χ1n) is 23.3. The van der Waals surface area contributed by atoms with Gasteiger partial charge in [-0.2, -0.15) is 17.2 Å². The van der Waals surface area contributed by atoms with Gasteiger partial charge in [0.15, 0.2) is 0 Å². The summed E-state index contributed by atoms with van der Waals surface area (Å²) >= 11 is 0. The monoisotopic (exact) mass is 1040 g/mol. The van der Waals surface area contributed by atoms with Crippen molar-refractivity contribution in [1.29, 1.82) is 0 Å². The maximum atomic E-state index is 5.71. The number of pyridine rings is 1. The van der Waals surface area contributed by atoms with Crippen LogP contribution < -0.4 is 4.90 Å². The molecule has 0 saturated carbocycles. The number of hydrogen-bond donors (Lipinski definition) is 0. The molecule has 1 aliphatic rings. The summed E-state index contributed by atoms with van der Waals surface area (Å²) in [7, 11) is 0. The molecule has 8 aromatic rings. The molecule has 1 aliphatic heterocycles. The van der Waals surface area contributed by atoms with Crippen molar-refractivity contribution in [3.63, 3.8) is 0 Å². The second-order valence-corrected chi connectivity index (χ2v) is 22.3. The molecule has 4 heterocycles. The molecule has 9 rings (SSSR count). The Morgan fingerprint density at radius 3 is 1.89 bits per heavy atom. The van der Waals surface area contributed by atoms with E-state index in [1.165, 1.54) is 50.0 Å². The number of nitrogens with zero attached hydrogens (tertiary/aromatic N) is 5. The van der Waals surface area contributed by atoms with Gasteiger partial charge in [0, 0.05) is 33.8 Å². The number of fused-ring (bicyclic) bond motifs is 5. The molecule has 0 saturated heterocycles. The minimum Gasteiger partial charge on any atom is -0.358 e. The first-order chi connectivity index (χ1) is 30.1. The third-order valence-electron chi connectivity index (χ3n) is 13.4. The van der Waals surface area contributed by atoms with E-state index >= 15 is 0 Å². The van der Waals surface area contributed by atoms with Gasteiger partial charge in [0.2, 0.25) is 0 Å². The van der Waals surface area contributed by atoms with Gasteiger partial charge in [0.05, 0.1) is 11.4 Å². The number of benzene rings is 5. The number of para-hydroxylation sites is 2. The molecule has 5 aromatic carbocycles. The predicted octanol–water partition coefficient (Wildman–Crippen LogP) is 15.9. The number of rotatable bonds is 6. The molecule has 0 atom stereocenters. The minimum absolute atomic E-state index is 0. The van der Waals surface area contributed by atoms with Crippen LogP contribution in [-0.4, -0.2) is 19.3 Å². The Morgan fingerprint density at radius 1 is 0.600 bits per heavy atom. The van der Waals surface area contributed by atoms with Crippen molar-refractivity contribution in [2.75, 3.05) is 4.90 Å². The van der Waals surface area contributed by atoms with Crippen molar-refractivity contribution < 1.29 is 21.1 Å². The zero-order chi connectivity index (χ0) is 45.8. The molecule has 0 fully saturated rings. The summed E-state index contributed by atoms with van der Waals surface area (Å²) in [6.07, 6.45) is 1.94. The average molecular weight is 1040 g/mol. The zero-order valence-electron chi connectivity index (χ0n) is 41.1. The Bertz CT molecular complexity index is 3070. The smallest absolute Gasteiger partial charge is 0.358 e. The van der Waals surface area contributed by atoms with E-state index in [0.717, 1.165) is 50.7 Å². The van der Waals surface area contributed by atoms with Crippen LogP contribution >= 0.6 is 0 Å².